The molecule has 0 radical (unpaired) electrons. The van der Waals surface area contributed by atoms with Crippen molar-refractivity contribution in [2.45, 2.75) is 63.6 Å². The second-order valence-electron chi connectivity index (χ2n) is 10.4. The van der Waals surface area contributed by atoms with Crippen molar-refractivity contribution < 1.29 is 23.9 Å². The van der Waals surface area contributed by atoms with Gasteiger partial charge < -0.3 is 19.4 Å². The highest BCUT2D eigenvalue weighted by Crippen LogP contribution is 2.58. The quantitative estimate of drug-likeness (QED) is 0.687. The van der Waals surface area contributed by atoms with Crippen molar-refractivity contribution in [3.05, 3.63) is 29.3 Å². The molecule has 1 aromatic carbocycles. The maximum atomic E-state index is 13.3. The van der Waals surface area contributed by atoms with Crippen LogP contribution in [0.15, 0.2) is 18.2 Å². The molecule has 1 unspecified atom stereocenters. The van der Waals surface area contributed by atoms with E-state index in [1.54, 1.807) is 9.80 Å². The first-order valence-corrected chi connectivity index (χ1v) is 11.6. The number of ether oxygens (including phenoxy) is 1. The van der Waals surface area contributed by atoms with Crippen LogP contribution in [0.4, 0.5) is 10.5 Å². The number of benzene rings is 1. The number of imide groups is 1. The molecule has 1 aliphatic carbocycles. The van der Waals surface area contributed by atoms with Gasteiger partial charge in [0.15, 0.2) is 0 Å². The fourth-order valence-electron chi connectivity index (χ4n) is 5.23. The van der Waals surface area contributed by atoms with E-state index in [-0.39, 0.29) is 30.2 Å². The normalized spacial score (nSPS) is 24.2. The van der Waals surface area contributed by atoms with Crippen molar-refractivity contribution in [1.29, 1.82) is 0 Å². The number of rotatable bonds is 2. The summed E-state index contributed by atoms with van der Waals surface area (Å²) in [6, 6.07) is 5.28. The molecule has 33 heavy (non-hydrogen) atoms. The van der Waals surface area contributed by atoms with E-state index in [4.69, 9.17) is 4.74 Å². The van der Waals surface area contributed by atoms with Gasteiger partial charge in [-0.15, -0.1) is 0 Å². The smallest absolute Gasteiger partial charge is 0.410 e. The van der Waals surface area contributed by atoms with Crippen molar-refractivity contribution in [3.8, 4) is 0 Å². The zero-order chi connectivity index (χ0) is 23.5. The van der Waals surface area contributed by atoms with E-state index in [0.29, 0.717) is 38.2 Å². The minimum Gasteiger partial charge on any atom is -0.444 e. The molecule has 1 spiro atoms. The van der Waals surface area contributed by atoms with Crippen molar-refractivity contribution in [1.82, 2.24) is 15.1 Å². The molecule has 9 nitrogen and oxygen atoms in total. The Morgan fingerprint density at radius 3 is 2.39 bits per heavy atom. The summed E-state index contributed by atoms with van der Waals surface area (Å²) in [6.07, 6.45) is 1.96. The highest BCUT2D eigenvalue weighted by molar-refractivity contribution is 6.07. The Hall–Kier alpha value is -3.10. The third-order valence-corrected chi connectivity index (χ3v) is 6.96. The van der Waals surface area contributed by atoms with E-state index in [0.717, 1.165) is 24.1 Å². The van der Waals surface area contributed by atoms with E-state index < -0.39 is 17.2 Å². The summed E-state index contributed by atoms with van der Waals surface area (Å²) in [4.78, 5) is 55.4. The van der Waals surface area contributed by atoms with Crippen LogP contribution in [-0.4, -0.2) is 71.4 Å². The summed E-state index contributed by atoms with van der Waals surface area (Å²) in [7, 11) is 0. The highest BCUT2D eigenvalue weighted by Gasteiger charge is 2.61. The molecule has 1 atom stereocenters. The summed E-state index contributed by atoms with van der Waals surface area (Å²) in [5.41, 5.74) is 1.68. The summed E-state index contributed by atoms with van der Waals surface area (Å²) < 4.78 is 5.48. The number of nitrogens with zero attached hydrogens (tertiary/aromatic N) is 3. The number of piperazine rings is 1. The number of anilines is 1. The topological polar surface area (TPSA) is 99.3 Å². The average Bonchev–Trinajstić information content (AvgIpc) is 3.51. The standard InChI is InChI=1S/C24H30N4O5/c1-23(2,3)33-22(32)27-12-10-26(11-13-27)15-4-5-16-17(14-15)24(8-9-24)28(21(16)31)18-6-7-19(29)25-20(18)30/h4-5,14,18H,6-13H2,1-3H3,(H,25,29,30). The van der Waals surface area contributed by atoms with E-state index in [9.17, 15) is 19.2 Å². The van der Waals surface area contributed by atoms with Gasteiger partial charge in [-0.05, 0) is 63.8 Å². The third kappa shape index (κ3) is 3.73. The summed E-state index contributed by atoms with van der Waals surface area (Å²) >= 11 is 0. The van der Waals surface area contributed by atoms with Gasteiger partial charge in [-0.25, -0.2) is 4.79 Å². The molecule has 4 amide bonds. The molecule has 3 heterocycles. The van der Waals surface area contributed by atoms with Crippen LogP contribution in [-0.2, 0) is 19.9 Å². The second kappa shape index (κ2) is 7.46. The van der Waals surface area contributed by atoms with Gasteiger partial charge in [0.2, 0.25) is 11.8 Å². The fourth-order valence-corrected chi connectivity index (χ4v) is 5.23. The molecule has 2 saturated heterocycles. The maximum Gasteiger partial charge on any atom is 0.410 e. The SMILES string of the molecule is CC(C)(C)OC(=O)N1CCN(c2ccc3c(c2)C2(CC2)N(C2CCC(=O)NC2=O)C3=O)CC1. The maximum absolute atomic E-state index is 13.3. The second-order valence-corrected chi connectivity index (χ2v) is 10.4. The largest absolute Gasteiger partial charge is 0.444 e. The molecule has 4 aliphatic rings. The molecule has 3 aliphatic heterocycles. The van der Waals surface area contributed by atoms with Crippen LogP contribution >= 0.6 is 0 Å². The number of hydrogen-bond donors (Lipinski definition) is 1. The summed E-state index contributed by atoms with van der Waals surface area (Å²) in [5, 5.41) is 2.39. The van der Waals surface area contributed by atoms with Crippen LogP contribution in [0.3, 0.4) is 0 Å². The van der Waals surface area contributed by atoms with Crippen molar-refractivity contribution in [3.63, 3.8) is 0 Å². The van der Waals surface area contributed by atoms with Crippen LogP contribution in [0.2, 0.25) is 0 Å². The summed E-state index contributed by atoms with van der Waals surface area (Å²) in [6.45, 7) is 8.07. The van der Waals surface area contributed by atoms with E-state index in [1.807, 2.05) is 32.9 Å². The average molecular weight is 455 g/mol. The number of nitrogens with one attached hydrogen (secondary N) is 1. The van der Waals surface area contributed by atoms with E-state index in [1.165, 1.54) is 0 Å². The Labute approximate surface area is 193 Å². The van der Waals surface area contributed by atoms with Crippen molar-refractivity contribution >= 4 is 29.5 Å². The van der Waals surface area contributed by atoms with E-state index >= 15 is 0 Å². The summed E-state index contributed by atoms with van der Waals surface area (Å²) in [5.74, 6) is -0.784. The number of fused-ring (bicyclic) bond motifs is 2. The van der Waals surface area contributed by atoms with Crippen molar-refractivity contribution in [2.24, 2.45) is 0 Å². The van der Waals surface area contributed by atoms with Gasteiger partial charge in [-0.3, -0.25) is 19.7 Å². The first-order valence-electron chi connectivity index (χ1n) is 11.6. The lowest BCUT2D eigenvalue weighted by Crippen LogP contribution is -2.55. The van der Waals surface area contributed by atoms with Gasteiger partial charge in [0.1, 0.15) is 11.6 Å². The van der Waals surface area contributed by atoms with Crippen molar-refractivity contribution in [2.75, 3.05) is 31.1 Å². The monoisotopic (exact) mass is 454 g/mol. The van der Waals surface area contributed by atoms with Crippen LogP contribution in [0.1, 0.15) is 62.4 Å². The molecule has 0 bridgehead atoms. The number of hydrogen-bond acceptors (Lipinski definition) is 6. The van der Waals surface area contributed by atoms with Crippen LogP contribution in [0, 0.1) is 0 Å². The Kier molecular flexibility index (Phi) is 4.91. The molecule has 0 aromatic heterocycles. The third-order valence-electron chi connectivity index (χ3n) is 6.96. The van der Waals surface area contributed by atoms with Gasteiger partial charge in [0, 0.05) is 43.9 Å². The van der Waals surface area contributed by atoms with Gasteiger partial charge >= 0.3 is 6.09 Å². The lowest BCUT2D eigenvalue weighted by atomic mass is 9.99. The van der Waals surface area contributed by atoms with Gasteiger partial charge in [-0.2, -0.15) is 0 Å². The number of carbonyl (C=O) groups is 4. The Bertz CT molecular complexity index is 1030. The Morgan fingerprint density at radius 1 is 1.09 bits per heavy atom. The van der Waals surface area contributed by atoms with Gasteiger partial charge in [0.05, 0.1) is 5.54 Å². The molecule has 9 heteroatoms. The minimum atomic E-state index is -0.606. The zero-order valence-electron chi connectivity index (χ0n) is 19.3. The first kappa shape index (κ1) is 21.7. The highest BCUT2D eigenvalue weighted by atomic mass is 16.6. The number of amides is 4. The molecular weight excluding hydrogens is 424 g/mol. The van der Waals surface area contributed by atoms with Crippen LogP contribution in [0.5, 0.6) is 0 Å². The predicted octanol–water partition coefficient (Wildman–Crippen LogP) is 1.99. The zero-order valence-corrected chi connectivity index (χ0v) is 19.3. The molecule has 1 saturated carbocycles. The Balaban J connectivity index is 1.32. The molecular formula is C24H30N4O5. The fraction of sp³-hybridized carbons (Fsp3) is 0.583. The molecule has 5 rings (SSSR count). The van der Waals surface area contributed by atoms with Crippen LogP contribution in [0.25, 0.3) is 0 Å². The molecule has 1 N–H and O–H groups in total. The first-order chi connectivity index (χ1) is 15.6. The van der Waals surface area contributed by atoms with Gasteiger partial charge in [0.25, 0.3) is 5.91 Å². The lowest BCUT2D eigenvalue weighted by Gasteiger charge is -2.37. The lowest BCUT2D eigenvalue weighted by molar-refractivity contribution is -0.137. The number of piperidine rings is 1. The molecule has 3 fully saturated rings. The van der Waals surface area contributed by atoms with E-state index in [2.05, 4.69) is 16.3 Å². The number of carbonyl (C=O) groups excluding carboxylic acids is 4. The molecule has 1 aromatic rings. The Morgan fingerprint density at radius 2 is 1.79 bits per heavy atom. The molecule has 176 valence electrons. The minimum absolute atomic E-state index is 0.127. The van der Waals surface area contributed by atoms with Crippen LogP contribution < -0.4 is 10.2 Å². The predicted molar refractivity (Wildman–Crippen MR) is 120 cm³/mol. The van der Waals surface area contributed by atoms with Gasteiger partial charge in [-0.1, -0.05) is 0 Å².